The van der Waals surface area contributed by atoms with E-state index in [-0.39, 0.29) is 0 Å². The highest BCUT2D eigenvalue weighted by molar-refractivity contribution is 7.98. The van der Waals surface area contributed by atoms with Crippen LogP contribution in [0.4, 0.5) is 0 Å². The first kappa shape index (κ1) is 15.5. The highest BCUT2D eigenvalue weighted by Gasteiger charge is 2.27. The Labute approximate surface area is 135 Å². The van der Waals surface area contributed by atoms with Gasteiger partial charge in [-0.25, -0.2) is 9.97 Å². The summed E-state index contributed by atoms with van der Waals surface area (Å²) in [6.45, 7) is 7.61. The minimum Gasteiger partial charge on any atom is -0.375 e. The second kappa shape index (κ2) is 6.38. The molecule has 0 saturated heterocycles. The van der Waals surface area contributed by atoms with E-state index < -0.39 is 0 Å². The van der Waals surface area contributed by atoms with E-state index in [4.69, 9.17) is 14.8 Å². The Morgan fingerprint density at radius 2 is 2.18 bits per heavy atom. The Balaban J connectivity index is 2.15. The van der Waals surface area contributed by atoms with Crippen molar-refractivity contribution in [1.29, 1.82) is 0 Å². The molecular weight excluding hydrogens is 296 g/mol. The van der Waals surface area contributed by atoms with E-state index in [2.05, 4.69) is 23.5 Å². The fourth-order valence-electron chi connectivity index (χ4n) is 2.85. The first-order valence-electron chi connectivity index (χ1n) is 7.74. The summed E-state index contributed by atoms with van der Waals surface area (Å²) in [6, 6.07) is 0.294. The summed E-state index contributed by atoms with van der Waals surface area (Å²) in [5, 5.41) is 5.62. The molecule has 0 saturated carbocycles. The summed E-state index contributed by atoms with van der Waals surface area (Å²) in [5.41, 5.74) is 5.77. The number of rotatable bonds is 5. The second-order valence-electron chi connectivity index (χ2n) is 5.68. The molecule has 0 aliphatic heterocycles. The van der Waals surface area contributed by atoms with E-state index in [1.54, 1.807) is 11.8 Å². The quantitative estimate of drug-likeness (QED) is 0.625. The standard InChI is InChI=1S/C16H22N4OS/c1-5-21-9-13-12-7-6-11-8-17-16(22-4)18-14(11)15(12)20(19-13)10(2)3/h8,10H,5-7,9H2,1-4H3. The fraction of sp³-hybridized carbons (Fsp3) is 0.562. The van der Waals surface area contributed by atoms with Gasteiger partial charge in [0, 0.05) is 24.4 Å². The molecule has 0 N–H and O–H groups in total. The van der Waals surface area contributed by atoms with Crippen LogP contribution in [0.1, 0.15) is 43.6 Å². The summed E-state index contributed by atoms with van der Waals surface area (Å²) in [6.07, 6.45) is 5.93. The number of hydrogen-bond acceptors (Lipinski definition) is 5. The second-order valence-corrected chi connectivity index (χ2v) is 6.45. The lowest BCUT2D eigenvalue weighted by Gasteiger charge is -2.19. The molecule has 0 amide bonds. The molecule has 0 spiro atoms. The molecule has 0 aromatic carbocycles. The Morgan fingerprint density at radius 1 is 1.36 bits per heavy atom. The van der Waals surface area contributed by atoms with Crippen LogP contribution in [0.2, 0.25) is 0 Å². The Kier molecular flexibility index (Phi) is 4.49. The topological polar surface area (TPSA) is 52.8 Å². The molecule has 0 radical (unpaired) electrons. The lowest BCUT2D eigenvalue weighted by atomic mass is 9.93. The van der Waals surface area contributed by atoms with Crippen molar-refractivity contribution < 1.29 is 4.74 Å². The molecule has 118 valence electrons. The molecule has 5 nitrogen and oxygen atoms in total. The Hall–Kier alpha value is -1.40. The maximum atomic E-state index is 5.60. The SMILES string of the molecule is CCOCc1nn(C(C)C)c2c1CCc1cnc(SC)nc1-2. The van der Waals surface area contributed by atoms with Crippen molar-refractivity contribution in [3.8, 4) is 11.4 Å². The van der Waals surface area contributed by atoms with Gasteiger partial charge in [-0.2, -0.15) is 5.10 Å². The Morgan fingerprint density at radius 3 is 2.86 bits per heavy atom. The van der Waals surface area contributed by atoms with Gasteiger partial charge in [0.25, 0.3) is 0 Å². The summed E-state index contributed by atoms with van der Waals surface area (Å²) >= 11 is 1.57. The van der Waals surface area contributed by atoms with Crippen LogP contribution in [0.3, 0.4) is 0 Å². The van der Waals surface area contributed by atoms with Crippen molar-refractivity contribution in [3.63, 3.8) is 0 Å². The smallest absolute Gasteiger partial charge is 0.187 e. The van der Waals surface area contributed by atoms with Crippen LogP contribution < -0.4 is 0 Å². The van der Waals surface area contributed by atoms with E-state index in [9.17, 15) is 0 Å². The van der Waals surface area contributed by atoms with Crippen LogP contribution in [-0.4, -0.2) is 32.6 Å². The highest BCUT2D eigenvalue weighted by Crippen LogP contribution is 2.36. The molecular formula is C16H22N4OS. The lowest BCUT2D eigenvalue weighted by molar-refractivity contribution is 0.130. The highest BCUT2D eigenvalue weighted by atomic mass is 32.2. The summed E-state index contributed by atoms with van der Waals surface area (Å²) in [7, 11) is 0. The molecule has 2 heterocycles. The predicted molar refractivity (Wildman–Crippen MR) is 88.2 cm³/mol. The first-order chi connectivity index (χ1) is 10.7. The van der Waals surface area contributed by atoms with E-state index in [0.29, 0.717) is 19.3 Å². The molecule has 0 bridgehead atoms. The number of thioether (sulfide) groups is 1. The van der Waals surface area contributed by atoms with Crippen molar-refractivity contribution in [2.45, 2.75) is 51.4 Å². The van der Waals surface area contributed by atoms with Gasteiger partial charge in [-0.15, -0.1) is 0 Å². The molecule has 3 rings (SSSR count). The molecule has 2 aromatic rings. The summed E-state index contributed by atoms with van der Waals surface area (Å²) in [4.78, 5) is 9.17. The van der Waals surface area contributed by atoms with Gasteiger partial charge in [0.2, 0.25) is 0 Å². The van der Waals surface area contributed by atoms with E-state index in [1.165, 1.54) is 11.1 Å². The average Bonchev–Trinajstić information content (AvgIpc) is 2.91. The molecule has 1 aliphatic carbocycles. The molecule has 6 heteroatoms. The lowest BCUT2D eigenvalue weighted by Crippen LogP contribution is -2.12. The zero-order valence-corrected chi connectivity index (χ0v) is 14.4. The normalized spacial score (nSPS) is 13.3. The van der Waals surface area contributed by atoms with Gasteiger partial charge >= 0.3 is 0 Å². The van der Waals surface area contributed by atoms with Gasteiger partial charge in [-0.05, 0) is 45.4 Å². The van der Waals surface area contributed by atoms with Gasteiger partial charge in [0.1, 0.15) is 0 Å². The molecule has 0 fully saturated rings. The first-order valence-corrected chi connectivity index (χ1v) is 8.96. The fourth-order valence-corrected chi connectivity index (χ4v) is 3.20. The van der Waals surface area contributed by atoms with Gasteiger partial charge in [-0.3, -0.25) is 4.68 Å². The number of fused-ring (bicyclic) bond motifs is 3. The van der Waals surface area contributed by atoms with Gasteiger partial charge < -0.3 is 4.74 Å². The molecule has 22 heavy (non-hydrogen) atoms. The number of nitrogens with zero attached hydrogens (tertiary/aromatic N) is 4. The maximum absolute atomic E-state index is 5.60. The van der Waals surface area contributed by atoms with Crippen molar-refractivity contribution in [1.82, 2.24) is 19.7 Å². The average molecular weight is 318 g/mol. The zero-order chi connectivity index (χ0) is 15.7. The largest absolute Gasteiger partial charge is 0.375 e. The molecule has 0 unspecified atom stereocenters. The van der Waals surface area contributed by atoms with Gasteiger partial charge in [0.15, 0.2) is 5.16 Å². The third-order valence-electron chi connectivity index (χ3n) is 3.92. The van der Waals surface area contributed by atoms with Crippen molar-refractivity contribution >= 4 is 11.8 Å². The molecule has 1 aliphatic rings. The zero-order valence-electron chi connectivity index (χ0n) is 13.6. The van der Waals surface area contributed by atoms with E-state index >= 15 is 0 Å². The van der Waals surface area contributed by atoms with Gasteiger partial charge in [-0.1, -0.05) is 11.8 Å². The predicted octanol–water partition coefficient (Wildman–Crippen LogP) is 3.28. The number of aryl methyl sites for hydroxylation is 1. The van der Waals surface area contributed by atoms with Crippen LogP contribution >= 0.6 is 11.8 Å². The summed E-state index contributed by atoms with van der Waals surface area (Å²) < 4.78 is 7.69. The third kappa shape index (κ3) is 2.65. The van der Waals surface area contributed by atoms with Crippen LogP contribution in [-0.2, 0) is 24.2 Å². The van der Waals surface area contributed by atoms with Crippen molar-refractivity contribution in [2.24, 2.45) is 0 Å². The van der Waals surface area contributed by atoms with Crippen LogP contribution in [0, 0.1) is 0 Å². The third-order valence-corrected chi connectivity index (χ3v) is 4.48. The number of ether oxygens (including phenoxy) is 1. The number of aromatic nitrogens is 4. The van der Waals surface area contributed by atoms with Crippen molar-refractivity contribution in [2.75, 3.05) is 12.9 Å². The maximum Gasteiger partial charge on any atom is 0.187 e. The van der Waals surface area contributed by atoms with Crippen molar-refractivity contribution in [3.05, 3.63) is 23.0 Å². The van der Waals surface area contributed by atoms with Gasteiger partial charge in [0.05, 0.1) is 23.7 Å². The molecule has 2 aromatic heterocycles. The Bertz CT molecular complexity index is 681. The minimum atomic E-state index is 0.294. The minimum absolute atomic E-state index is 0.294. The van der Waals surface area contributed by atoms with Crippen LogP contribution in [0.15, 0.2) is 11.4 Å². The molecule has 0 atom stereocenters. The van der Waals surface area contributed by atoms with Crippen LogP contribution in [0.5, 0.6) is 0 Å². The number of hydrogen-bond donors (Lipinski definition) is 0. The monoisotopic (exact) mass is 318 g/mol. The van der Waals surface area contributed by atoms with Crippen LogP contribution in [0.25, 0.3) is 11.4 Å². The summed E-state index contributed by atoms with van der Waals surface area (Å²) in [5.74, 6) is 0. The van der Waals surface area contributed by atoms with E-state index in [1.807, 2.05) is 19.4 Å². The van der Waals surface area contributed by atoms with E-state index in [0.717, 1.165) is 35.1 Å².